The molecule has 0 saturated carbocycles. The summed E-state index contributed by atoms with van der Waals surface area (Å²) in [4.78, 5) is 20.2. The predicted molar refractivity (Wildman–Crippen MR) is 95.1 cm³/mol. The van der Waals surface area contributed by atoms with Crippen molar-refractivity contribution < 1.29 is 4.79 Å². The van der Waals surface area contributed by atoms with Gasteiger partial charge in [0, 0.05) is 15.6 Å². The van der Waals surface area contributed by atoms with Crippen molar-refractivity contribution in [2.75, 3.05) is 16.5 Å². The van der Waals surface area contributed by atoms with Crippen LogP contribution in [0.4, 0.5) is 17.3 Å². The van der Waals surface area contributed by atoms with Crippen LogP contribution in [0.2, 0.25) is 0 Å². The van der Waals surface area contributed by atoms with Gasteiger partial charge in [-0.3, -0.25) is 15.6 Å². The topological polar surface area (TPSA) is 105 Å². The molecule has 0 bridgehead atoms. The third-order valence-electron chi connectivity index (χ3n) is 2.78. The van der Waals surface area contributed by atoms with Gasteiger partial charge in [0.15, 0.2) is 11.6 Å². The molecule has 0 radical (unpaired) electrons. The zero-order valence-electron chi connectivity index (χ0n) is 13.1. The van der Waals surface area contributed by atoms with E-state index in [1.165, 1.54) is 6.33 Å². The fourth-order valence-corrected chi connectivity index (χ4v) is 2.00. The van der Waals surface area contributed by atoms with E-state index in [0.29, 0.717) is 22.9 Å². The maximum absolute atomic E-state index is 12.1. The highest BCUT2D eigenvalue weighted by Crippen LogP contribution is 2.24. The number of carbonyl (C=O) groups excluding carboxylic acids is 1. The Morgan fingerprint density at radius 3 is 2.35 bits per heavy atom. The number of carbonyl (C=O) groups is 1. The minimum Gasteiger partial charge on any atom is -0.393 e. The molecule has 2 rings (SSSR count). The van der Waals surface area contributed by atoms with E-state index in [1.807, 2.05) is 20.8 Å². The number of nitrogen functional groups attached to an aromatic ring is 1. The Morgan fingerprint density at radius 1 is 1.13 bits per heavy atom. The molecule has 0 spiro atoms. The number of hydrogen-bond acceptors (Lipinski definition) is 6. The van der Waals surface area contributed by atoms with Crippen molar-refractivity contribution in [2.45, 2.75) is 26.3 Å². The minimum atomic E-state index is -0.291. The Hall–Kier alpha value is -2.35. The highest BCUT2D eigenvalue weighted by Gasteiger charge is 2.15. The summed E-state index contributed by atoms with van der Waals surface area (Å²) in [6.07, 6.45) is 1.37. The average molecular weight is 379 g/mol. The fraction of sp³-hybridized carbons (Fsp3) is 0.267. The molecule has 0 aliphatic rings. The number of hydrazine groups is 1. The molecule has 0 aliphatic heterocycles. The molecule has 8 heteroatoms. The fourth-order valence-electron chi connectivity index (χ4n) is 1.74. The van der Waals surface area contributed by atoms with E-state index in [9.17, 15) is 4.79 Å². The Labute approximate surface area is 143 Å². The Balaban J connectivity index is 2.07. The second-order valence-electron chi connectivity index (χ2n) is 5.95. The van der Waals surface area contributed by atoms with Crippen molar-refractivity contribution in [2.24, 2.45) is 0 Å². The van der Waals surface area contributed by atoms with Crippen LogP contribution in [-0.4, -0.2) is 21.4 Å². The Bertz CT molecular complexity index is 696. The molecule has 1 heterocycles. The van der Waals surface area contributed by atoms with Gasteiger partial charge in [-0.25, -0.2) is 9.97 Å². The van der Waals surface area contributed by atoms with Crippen molar-refractivity contribution >= 4 is 39.2 Å². The van der Waals surface area contributed by atoms with E-state index in [0.717, 1.165) is 4.47 Å². The van der Waals surface area contributed by atoms with Gasteiger partial charge in [0.1, 0.15) is 12.0 Å². The van der Waals surface area contributed by atoms with Gasteiger partial charge in [0.2, 0.25) is 0 Å². The number of nitrogens with zero attached hydrogens (tertiary/aromatic N) is 2. The lowest BCUT2D eigenvalue weighted by Gasteiger charge is -2.22. The number of benzene rings is 1. The third kappa shape index (κ3) is 4.82. The van der Waals surface area contributed by atoms with Gasteiger partial charge in [-0.15, -0.1) is 0 Å². The molecule has 122 valence electrons. The van der Waals surface area contributed by atoms with Gasteiger partial charge < -0.3 is 11.1 Å². The van der Waals surface area contributed by atoms with E-state index in [2.05, 4.69) is 42.1 Å². The molecular formula is C15H19BrN6O. The highest BCUT2D eigenvalue weighted by atomic mass is 79.9. The summed E-state index contributed by atoms with van der Waals surface area (Å²) in [5.41, 5.74) is 12.0. The van der Waals surface area contributed by atoms with Crippen molar-refractivity contribution in [1.29, 1.82) is 0 Å². The molecule has 0 aliphatic carbocycles. The van der Waals surface area contributed by atoms with Crippen LogP contribution in [0.15, 0.2) is 35.1 Å². The number of nitrogens with one attached hydrogen (secondary N) is 3. The smallest absolute Gasteiger partial charge is 0.269 e. The molecular weight excluding hydrogens is 360 g/mol. The normalized spacial score (nSPS) is 11.0. The summed E-state index contributed by atoms with van der Waals surface area (Å²) in [6, 6.07) is 6.99. The van der Waals surface area contributed by atoms with Crippen LogP contribution in [0.25, 0.3) is 0 Å². The first kappa shape index (κ1) is 17.0. The molecule has 23 heavy (non-hydrogen) atoms. The van der Waals surface area contributed by atoms with Crippen LogP contribution in [0.1, 0.15) is 31.1 Å². The zero-order valence-corrected chi connectivity index (χ0v) is 14.7. The lowest BCUT2D eigenvalue weighted by molar-refractivity contribution is 0.0962. The Morgan fingerprint density at radius 2 is 1.74 bits per heavy atom. The van der Waals surface area contributed by atoms with Gasteiger partial charge in [-0.2, -0.15) is 0 Å². The maximum Gasteiger partial charge on any atom is 0.269 e. The van der Waals surface area contributed by atoms with Crippen molar-refractivity contribution in [1.82, 2.24) is 15.4 Å². The molecule has 1 amide bonds. The molecule has 1 aromatic heterocycles. The quantitative estimate of drug-likeness (QED) is 0.609. The summed E-state index contributed by atoms with van der Waals surface area (Å²) >= 11 is 3.32. The Kier molecular flexibility index (Phi) is 5.05. The molecule has 2 aromatic rings. The van der Waals surface area contributed by atoms with Gasteiger partial charge >= 0.3 is 0 Å². The highest BCUT2D eigenvalue weighted by molar-refractivity contribution is 9.10. The molecule has 0 atom stereocenters. The second-order valence-corrected chi connectivity index (χ2v) is 6.86. The first-order valence-electron chi connectivity index (χ1n) is 6.97. The zero-order chi connectivity index (χ0) is 17.0. The van der Waals surface area contributed by atoms with Crippen LogP contribution in [0.5, 0.6) is 0 Å². The van der Waals surface area contributed by atoms with Crippen LogP contribution in [0.3, 0.4) is 0 Å². The second kappa shape index (κ2) is 6.82. The van der Waals surface area contributed by atoms with Gasteiger partial charge in [0.05, 0.1) is 0 Å². The number of hydrogen-bond donors (Lipinski definition) is 4. The number of rotatable bonds is 4. The third-order valence-corrected chi connectivity index (χ3v) is 3.31. The number of halogens is 1. The molecule has 7 nitrogen and oxygen atoms in total. The van der Waals surface area contributed by atoms with E-state index in [-0.39, 0.29) is 11.4 Å². The SMILES string of the molecule is CC(C)(C)Nc1ncnc(NNC(=O)c2ccc(Br)cc2)c1N. The number of nitrogens with two attached hydrogens (primary N) is 1. The number of aromatic nitrogens is 2. The molecule has 1 aromatic carbocycles. The van der Waals surface area contributed by atoms with Crippen LogP contribution >= 0.6 is 15.9 Å². The standard InChI is InChI=1S/C15H19BrN6O/c1-15(2,3)20-12-11(17)13(19-8-18-12)21-22-14(23)9-4-6-10(16)7-5-9/h4-8H,17H2,1-3H3,(H,22,23)(H2,18,19,20,21). The van der Waals surface area contributed by atoms with Gasteiger partial charge in [-0.05, 0) is 45.0 Å². The van der Waals surface area contributed by atoms with E-state index in [1.54, 1.807) is 24.3 Å². The molecule has 0 saturated heterocycles. The van der Waals surface area contributed by atoms with Crippen LogP contribution in [0, 0.1) is 0 Å². The lowest BCUT2D eigenvalue weighted by Crippen LogP contribution is -2.31. The molecule has 0 fully saturated rings. The average Bonchev–Trinajstić information content (AvgIpc) is 2.47. The summed E-state index contributed by atoms with van der Waals surface area (Å²) in [5.74, 6) is 0.547. The van der Waals surface area contributed by atoms with E-state index >= 15 is 0 Å². The summed E-state index contributed by atoms with van der Waals surface area (Å²) < 4.78 is 0.903. The molecule has 5 N–H and O–H groups in total. The van der Waals surface area contributed by atoms with E-state index < -0.39 is 0 Å². The predicted octanol–water partition coefficient (Wildman–Crippen LogP) is 2.79. The molecule has 0 unspecified atom stereocenters. The summed E-state index contributed by atoms with van der Waals surface area (Å²) in [6.45, 7) is 5.99. The lowest BCUT2D eigenvalue weighted by atomic mass is 10.1. The maximum atomic E-state index is 12.1. The number of anilines is 3. The first-order valence-corrected chi connectivity index (χ1v) is 7.76. The van der Waals surface area contributed by atoms with Crippen molar-refractivity contribution in [3.63, 3.8) is 0 Å². The van der Waals surface area contributed by atoms with Crippen LogP contribution in [-0.2, 0) is 0 Å². The largest absolute Gasteiger partial charge is 0.393 e. The van der Waals surface area contributed by atoms with Gasteiger partial charge in [0.25, 0.3) is 5.91 Å². The monoisotopic (exact) mass is 378 g/mol. The number of amides is 1. The summed E-state index contributed by atoms with van der Waals surface area (Å²) in [7, 11) is 0. The minimum absolute atomic E-state index is 0.194. The van der Waals surface area contributed by atoms with Crippen molar-refractivity contribution in [3.8, 4) is 0 Å². The summed E-state index contributed by atoms with van der Waals surface area (Å²) in [5, 5.41) is 3.18. The first-order chi connectivity index (χ1) is 10.8. The van der Waals surface area contributed by atoms with E-state index in [4.69, 9.17) is 5.73 Å². The van der Waals surface area contributed by atoms with Crippen molar-refractivity contribution in [3.05, 3.63) is 40.6 Å². The van der Waals surface area contributed by atoms with Crippen LogP contribution < -0.4 is 21.9 Å². The van der Waals surface area contributed by atoms with Gasteiger partial charge in [-0.1, -0.05) is 15.9 Å².